The molecule has 0 atom stereocenters. The van der Waals surface area contributed by atoms with Crippen molar-refractivity contribution in [2.24, 2.45) is 0 Å². The first kappa shape index (κ1) is 13.2. The summed E-state index contributed by atoms with van der Waals surface area (Å²) in [6.07, 6.45) is 0. The number of anilines is 1. The summed E-state index contributed by atoms with van der Waals surface area (Å²) in [6.45, 7) is 6.98. The van der Waals surface area contributed by atoms with Crippen molar-refractivity contribution in [3.63, 3.8) is 0 Å². The lowest BCUT2D eigenvalue weighted by Crippen LogP contribution is -2.46. The fourth-order valence-corrected chi connectivity index (χ4v) is 3.02. The van der Waals surface area contributed by atoms with Crippen molar-refractivity contribution in [2.45, 2.75) is 6.92 Å². The van der Waals surface area contributed by atoms with Crippen LogP contribution in [0.2, 0.25) is 0 Å². The van der Waals surface area contributed by atoms with Crippen LogP contribution in [-0.4, -0.2) is 42.6 Å². The Labute approximate surface area is 122 Å². The van der Waals surface area contributed by atoms with Crippen molar-refractivity contribution in [3.8, 4) is 16.8 Å². The van der Waals surface area contributed by atoms with Gasteiger partial charge >= 0.3 is 0 Å². The molecule has 0 unspecified atom stereocenters. The lowest BCUT2D eigenvalue weighted by molar-refractivity contribution is 0.267. The van der Waals surface area contributed by atoms with Gasteiger partial charge < -0.3 is 14.2 Å². The summed E-state index contributed by atoms with van der Waals surface area (Å²) in [6, 6.07) is 6.05. The Morgan fingerprint density at radius 2 is 2.20 bits per heavy atom. The quantitative estimate of drug-likeness (QED) is 0.868. The standard InChI is InChI=1S/C14H16N4OS/c1-2-17-5-7-18(8-6-17)14-11(10-15)16-13(19-14)12-4-3-9-20-12/h3-4,9H,2,5-8H2,1H3. The molecule has 2 aromatic rings. The predicted octanol–water partition coefficient (Wildman–Crippen LogP) is 2.42. The van der Waals surface area contributed by atoms with Gasteiger partial charge in [0.25, 0.3) is 0 Å². The van der Waals surface area contributed by atoms with E-state index in [0.29, 0.717) is 17.5 Å². The molecule has 0 radical (unpaired) electrons. The smallest absolute Gasteiger partial charge is 0.240 e. The zero-order chi connectivity index (χ0) is 13.9. The number of thiophene rings is 1. The van der Waals surface area contributed by atoms with Crippen molar-refractivity contribution < 1.29 is 4.42 Å². The van der Waals surface area contributed by atoms with E-state index in [1.165, 1.54) is 0 Å². The Morgan fingerprint density at radius 3 is 2.80 bits per heavy atom. The van der Waals surface area contributed by atoms with Gasteiger partial charge in [-0.05, 0) is 18.0 Å². The second-order valence-corrected chi connectivity index (χ2v) is 5.63. The molecule has 3 rings (SSSR count). The van der Waals surface area contributed by atoms with E-state index in [1.54, 1.807) is 11.3 Å². The molecule has 0 amide bonds. The number of hydrogen-bond acceptors (Lipinski definition) is 6. The molecule has 0 saturated carbocycles. The minimum Gasteiger partial charge on any atom is -0.418 e. The average molecular weight is 288 g/mol. The highest BCUT2D eigenvalue weighted by molar-refractivity contribution is 7.13. The van der Waals surface area contributed by atoms with Crippen LogP contribution < -0.4 is 4.90 Å². The SMILES string of the molecule is CCN1CCN(c2oc(-c3cccs3)nc2C#N)CC1. The van der Waals surface area contributed by atoms with Gasteiger partial charge in [0.1, 0.15) is 6.07 Å². The fourth-order valence-electron chi connectivity index (χ4n) is 2.37. The first-order valence-electron chi connectivity index (χ1n) is 6.74. The number of rotatable bonds is 3. The van der Waals surface area contributed by atoms with Crippen LogP contribution in [-0.2, 0) is 0 Å². The maximum absolute atomic E-state index is 9.25. The second kappa shape index (κ2) is 5.65. The van der Waals surface area contributed by atoms with E-state index in [-0.39, 0.29) is 0 Å². The zero-order valence-electron chi connectivity index (χ0n) is 11.4. The highest BCUT2D eigenvalue weighted by Gasteiger charge is 2.24. The summed E-state index contributed by atoms with van der Waals surface area (Å²) < 4.78 is 5.84. The molecule has 1 saturated heterocycles. The number of nitriles is 1. The molecule has 2 aromatic heterocycles. The Balaban J connectivity index is 1.85. The largest absolute Gasteiger partial charge is 0.418 e. The summed E-state index contributed by atoms with van der Waals surface area (Å²) in [5, 5.41) is 11.2. The third-order valence-electron chi connectivity index (χ3n) is 3.55. The maximum Gasteiger partial charge on any atom is 0.240 e. The van der Waals surface area contributed by atoms with Gasteiger partial charge in [-0.1, -0.05) is 13.0 Å². The van der Waals surface area contributed by atoms with Crippen molar-refractivity contribution in [1.29, 1.82) is 5.26 Å². The molecule has 104 valence electrons. The molecular weight excluding hydrogens is 272 g/mol. The van der Waals surface area contributed by atoms with Gasteiger partial charge in [0.2, 0.25) is 17.5 Å². The third kappa shape index (κ3) is 2.42. The number of oxazole rings is 1. The van der Waals surface area contributed by atoms with Crippen LogP contribution in [0.4, 0.5) is 5.88 Å². The van der Waals surface area contributed by atoms with E-state index in [4.69, 9.17) is 4.42 Å². The lowest BCUT2D eigenvalue weighted by Gasteiger charge is -2.33. The van der Waals surface area contributed by atoms with Gasteiger partial charge in [0, 0.05) is 26.2 Å². The summed E-state index contributed by atoms with van der Waals surface area (Å²) in [7, 11) is 0. The Hall–Kier alpha value is -1.84. The maximum atomic E-state index is 9.25. The van der Waals surface area contributed by atoms with Crippen molar-refractivity contribution in [3.05, 3.63) is 23.2 Å². The van der Waals surface area contributed by atoms with Crippen LogP contribution in [0.1, 0.15) is 12.6 Å². The third-order valence-corrected chi connectivity index (χ3v) is 4.41. The van der Waals surface area contributed by atoms with Gasteiger partial charge in [0.05, 0.1) is 4.88 Å². The minimum atomic E-state index is 0.387. The first-order chi connectivity index (χ1) is 9.81. The van der Waals surface area contributed by atoms with Gasteiger partial charge in [-0.15, -0.1) is 11.3 Å². The van der Waals surface area contributed by atoms with E-state index < -0.39 is 0 Å². The molecule has 0 aromatic carbocycles. The summed E-state index contributed by atoms with van der Waals surface area (Å²) in [5.74, 6) is 1.16. The van der Waals surface area contributed by atoms with Gasteiger partial charge in [-0.2, -0.15) is 10.2 Å². The molecule has 5 nitrogen and oxygen atoms in total. The molecule has 1 aliphatic heterocycles. The molecule has 0 spiro atoms. The van der Waals surface area contributed by atoms with Crippen LogP contribution in [0.5, 0.6) is 0 Å². The molecule has 0 aliphatic carbocycles. The summed E-state index contributed by atoms with van der Waals surface area (Å²) in [4.78, 5) is 9.78. The van der Waals surface area contributed by atoms with E-state index >= 15 is 0 Å². The topological polar surface area (TPSA) is 56.3 Å². The highest BCUT2D eigenvalue weighted by atomic mass is 32.1. The van der Waals surface area contributed by atoms with Crippen LogP contribution in [0.25, 0.3) is 10.8 Å². The molecular formula is C14H16N4OS. The normalized spacial score (nSPS) is 16.3. The molecule has 1 aliphatic rings. The second-order valence-electron chi connectivity index (χ2n) is 4.68. The van der Waals surface area contributed by atoms with Crippen LogP contribution in [0, 0.1) is 11.3 Å². The van der Waals surface area contributed by atoms with Crippen molar-refractivity contribution >= 4 is 17.2 Å². The fraction of sp³-hybridized carbons (Fsp3) is 0.429. The van der Waals surface area contributed by atoms with Gasteiger partial charge in [0.15, 0.2) is 0 Å². The number of hydrogen-bond donors (Lipinski definition) is 0. The van der Waals surface area contributed by atoms with Crippen molar-refractivity contribution in [1.82, 2.24) is 9.88 Å². The Kier molecular flexibility index (Phi) is 3.72. The van der Waals surface area contributed by atoms with Crippen LogP contribution in [0.15, 0.2) is 21.9 Å². The number of likely N-dealkylation sites (N-methyl/N-ethyl adjacent to an activating group) is 1. The van der Waals surface area contributed by atoms with E-state index in [9.17, 15) is 5.26 Å². The minimum absolute atomic E-state index is 0.387. The van der Waals surface area contributed by atoms with Gasteiger partial charge in [-0.25, -0.2) is 0 Å². The molecule has 3 heterocycles. The number of aromatic nitrogens is 1. The lowest BCUT2D eigenvalue weighted by atomic mass is 10.3. The van der Waals surface area contributed by atoms with E-state index in [1.807, 2.05) is 17.5 Å². The van der Waals surface area contributed by atoms with Crippen molar-refractivity contribution in [2.75, 3.05) is 37.6 Å². The molecule has 6 heteroatoms. The summed E-state index contributed by atoms with van der Waals surface area (Å²) in [5.41, 5.74) is 0.387. The van der Waals surface area contributed by atoms with Crippen LogP contribution >= 0.6 is 11.3 Å². The average Bonchev–Trinajstić information content (AvgIpc) is 3.16. The van der Waals surface area contributed by atoms with E-state index in [0.717, 1.165) is 37.6 Å². The zero-order valence-corrected chi connectivity index (χ0v) is 12.2. The van der Waals surface area contributed by atoms with Gasteiger partial charge in [-0.3, -0.25) is 0 Å². The van der Waals surface area contributed by atoms with E-state index in [2.05, 4.69) is 27.8 Å². The Morgan fingerprint density at radius 1 is 1.40 bits per heavy atom. The summed E-state index contributed by atoms with van der Waals surface area (Å²) >= 11 is 1.57. The molecule has 0 bridgehead atoms. The molecule has 20 heavy (non-hydrogen) atoms. The number of nitrogens with zero attached hydrogens (tertiary/aromatic N) is 4. The number of piperazine rings is 1. The molecule has 1 fully saturated rings. The first-order valence-corrected chi connectivity index (χ1v) is 7.62. The monoisotopic (exact) mass is 288 g/mol. The highest BCUT2D eigenvalue weighted by Crippen LogP contribution is 2.31. The predicted molar refractivity (Wildman–Crippen MR) is 78.9 cm³/mol. The van der Waals surface area contributed by atoms with Crippen LogP contribution in [0.3, 0.4) is 0 Å². The Bertz CT molecular complexity index is 606. The molecule has 0 N–H and O–H groups in total.